The molecule has 11 aromatic rings. The van der Waals surface area contributed by atoms with E-state index in [9.17, 15) is 0 Å². The Kier molecular flexibility index (Phi) is 8.24. The van der Waals surface area contributed by atoms with Crippen LogP contribution in [-0.4, -0.2) is 9.97 Å². The largest absolute Gasteiger partial charge is 0.436 e. The van der Waals surface area contributed by atoms with Crippen LogP contribution in [0.4, 0.5) is 0 Å². The number of thiophene rings is 2. The Morgan fingerprint density at radius 1 is 0.464 bits per heavy atom. The maximum atomic E-state index is 6.55. The molecule has 0 aliphatic heterocycles. The van der Waals surface area contributed by atoms with Gasteiger partial charge < -0.3 is 8.83 Å². The van der Waals surface area contributed by atoms with E-state index in [2.05, 4.69) is 98.1 Å². The maximum absolute atomic E-state index is 6.55. The summed E-state index contributed by atoms with van der Waals surface area (Å²) < 4.78 is 15.4. The van der Waals surface area contributed by atoms with Crippen molar-refractivity contribution in [2.24, 2.45) is 0 Å². The third-order valence-corrected chi connectivity index (χ3v) is 12.7. The van der Waals surface area contributed by atoms with E-state index in [1.807, 2.05) is 74.5 Å². The molecule has 0 aliphatic carbocycles. The number of para-hydroxylation sites is 4. The molecule has 0 N–H and O–H groups in total. The first kappa shape index (κ1) is 33.9. The zero-order chi connectivity index (χ0) is 37.9. The number of oxazole rings is 2. The van der Waals surface area contributed by atoms with Crippen LogP contribution >= 0.6 is 22.7 Å². The van der Waals surface area contributed by atoms with Gasteiger partial charge in [-0.1, -0.05) is 124 Å². The van der Waals surface area contributed by atoms with Crippen molar-refractivity contribution in [1.29, 1.82) is 0 Å². The lowest BCUT2D eigenvalue weighted by molar-refractivity contribution is 0.620. The van der Waals surface area contributed by atoms with Crippen LogP contribution in [-0.2, 0) is 0 Å². The summed E-state index contributed by atoms with van der Waals surface area (Å²) in [5.41, 5.74) is 9.25. The SMILES string of the molecule is C=Cc1c(C=C)c(-c2sc3ccccc3c2-c2nc3ccccc3o2)c2cc3ccccc3cc2c1-c1sc2ccccc2c1-c1nc2ccccc2o1.CC. The predicted molar refractivity (Wildman–Crippen MR) is 241 cm³/mol. The fraction of sp³-hybridized carbons (Fsp3) is 0.0400. The van der Waals surface area contributed by atoms with Gasteiger partial charge in [-0.05, 0) is 81.2 Å². The van der Waals surface area contributed by atoms with Crippen LogP contribution in [0.3, 0.4) is 0 Å². The highest BCUT2D eigenvalue weighted by Gasteiger charge is 2.29. The summed E-state index contributed by atoms with van der Waals surface area (Å²) in [5.74, 6) is 1.19. The van der Waals surface area contributed by atoms with Gasteiger partial charge in [0.15, 0.2) is 11.2 Å². The van der Waals surface area contributed by atoms with Gasteiger partial charge in [0.05, 0.1) is 11.1 Å². The normalized spacial score (nSPS) is 11.5. The van der Waals surface area contributed by atoms with Crippen molar-refractivity contribution in [2.75, 3.05) is 0 Å². The highest BCUT2D eigenvalue weighted by Crippen LogP contribution is 2.54. The molecule has 0 amide bonds. The first-order chi connectivity index (χ1) is 27.7. The highest BCUT2D eigenvalue weighted by atomic mass is 32.1. The molecule has 0 bridgehead atoms. The number of benzene rings is 7. The molecule has 56 heavy (non-hydrogen) atoms. The quantitative estimate of drug-likeness (QED) is 0.158. The number of rotatable bonds is 6. The molecule has 0 unspecified atom stereocenters. The summed E-state index contributed by atoms with van der Waals surface area (Å²) in [6.45, 7) is 12.9. The van der Waals surface area contributed by atoms with E-state index >= 15 is 0 Å². The summed E-state index contributed by atoms with van der Waals surface area (Å²) in [6, 6.07) is 46.1. The molecule has 7 aromatic carbocycles. The van der Waals surface area contributed by atoms with Gasteiger partial charge in [-0.3, -0.25) is 0 Å². The fourth-order valence-electron chi connectivity index (χ4n) is 7.95. The molecule has 0 saturated heterocycles. The molecule has 0 atom stereocenters. The molecular formula is C50H34N2O2S2. The van der Waals surface area contributed by atoms with Gasteiger partial charge in [0.25, 0.3) is 0 Å². The summed E-state index contributed by atoms with van der Waals surface area (Å²) in [5, 5.41) is 6.71. The molecule has 268 valence electrons. The van der Waals surface area contributed by atoms with Crippen LogP contribution in [0.5, 0.6) is 0 Å². The molecule has 0 saturated carbocycles. The molecule has 0 aliphatic rings. The van der Waals surface area contributed by atoms with Crippen molar-refractivity contribution in [3.63, 3.8) is 0 Å². The van der Waals surface area contributed by atoms with Crippen LogP contribution in [0.15, 0.2) is 155 Å². The van der Waals surface area contributed by atoms with Crippen LogP contribution in [0.2, 0.25) is 0 Å². The monoisotopic (exact) mass is 758 g/mol. The first-order valence-corrected chi connectivity index (χ1v) is 20.3. The second-order valence-electron chi connectivity index (χ2n) is 13.3. The lowest BCUT2D eigenvalue weighted by atomic mass is 9.84. The van der Waals surface area contributed by atoms with Crippen LogP contribution in [0.25, 0.3) is 120 Å². The van der Waals surface area contributed by atoms with E-state index in [0.717, 1.165) is 107 Å². The van der Waals surface area contributed by atoms with Gasteiger partial charge in [0.2, 0.25) is 11.8 Å². The fourth-order valence-corrected chi connectivity index (χ4v) is 10.5. The smallest absolute Gasteiger partial charge is 0.229 e. The second kappa shape index (κ2) is 13.6. The second-order valence-corrected chi connectivity index (χ2v) is 15.4. The Morgan fingerprint density at radius 3 is 1.29 bits per heavy atom. The van der Waals surface area contributed by atoms with Crippen molar-refractivity contribution in [2.45, 2.75) is 13.8 Å². The Morgan fingerprint density at radius 2 is 0.857 bits per heavy atom. The standard InChI is InChI=1S/C48H28N2O2S2.C2H6/c1-3-29-30(4-2)42(46-44(32-18-8-14-24-40(32)54-46)48-50-36-20-10-12-22-38(36)52-48)34-26-28-16-6-5-15-27(28)25-33(34)41(29)45-43(31-17-7-13-23-39(31)53-45)47-49-35-19-9-11-21-37(35)51-47;1-2/h3-26H,1-2H2;1-2H3. The van der Waals surface area contributed by atoms with E-state index in [1.165, 1.54) is 0 Å². The van der Waals surface area contributed by atoms with Crippen molar-refractivity contribution in [3.8, 4) is 43.8 Å². The molecule has 6 heteroatoms. The van der Waals surface area contributed by atoms with Crippen molar-refractivity contribution < 1.29 is 8.83 Å². The van der Waals surface area contributed by atoms with Crippen molar-refractivity contribution in [1.82, 2.24) is 9.97 Å². The molecule has 0 spiro atoms. The molecule has 11 rings (SSSR count). The van der Waals surface area contributed by atoms with E-state index < -0.39 is 0 Å². The number of hydrogen-bond donors (Lipinski definition) is 0. The summed E-state index contributed by atoms with van der Waals surface area (Å²) >= 11 is 3.51. The minimum Gasteiger partial charge on any atom is -0.436 e. The van der Waals surface area contributed by atoms with Crippen molar-refractivity contribution in [3.05, 3.63) is 158 Å². The summed E-state index contributed by atoms with van der Waals surface area (Å²) in [6.07, 6.45) is 3.97. The average molecular weight is 759 g/mol. The zero-order valence-electron chi connectivity index (χ0n) is 30.8. The minimum atomic E-state index is 0.597. The minimum absolute atomic E-state index is 0.597. The maximum Gasteiger partial charge on any atom is 0.229 e. The third-order valence-electron chi connectivity index (χ3n) is 10.3. The van der Waals surface area contributed by atoms with Gasteiger partial charge in [0.1, 0.15) is 11.0 Å². The van der Waals surface area contributed by atoms with Gasteiger partial charge in [-0.25, -0.2) is 9.97 Å². The molecule has 4 nitrogen and oxygen atoms in total. The number of fused-ring (bicyclic) bond motifs is 6. The van der Waals surface area contributed by atoms with Crippen molar-refractivity contribution >= 4 is 98.7 Å². The summed E-state index contributed by atoms with van der Waals surface area (Å²) in [4.78, 5) is 12.2. The van der Waals surface area contributed by atoms with E-state index in [4.69, 9.17) is 18.8 Å². The number of hydrogen-bond acceptors (Lipinski definition) is 6. The number of nitrogens with zero attached hydrogens (tertiary/aromatic N) is 2. The topological polar surface area (TPSA) is 52.1 Å². The molecule has 0 fully saturated rings. The van der Waals surface area contributed by atoms with Crippen LogP contribution in [0, 0.1) is 0 Å². The van der Waals surface area contributed by atoms with Gasteiger partial charge >= 0.3 is 0 Å². The molecule has 4 heterocycles. The lowest BCUT2D eigenvalue weighted by Crippen LogP contribution is -1.96. The van der Waals surface area contributed by atoms with Gasteiger partial charge in [-0.15, -0.1) is 22.7 Å². The van der Waals surface area contributed by atoms with Crippen LogP contribution in [0.1, 0.15) is 25.0 Å². The molecular weight excluding hydrogens is 725 g/mol. The Bertz CT molecular complexity index is 3050. The molecule has 4 aromatic heterocycles. The van der Waals surface area contributed by atoms with E-state index in [0.29, 0.717) is 11.8 Å². The Balaban J connectivity index is 0.00000189. The Hall–Kier alpha value is -6.60. The predicted octanol–water partition coefficient (Wildman–Crippen LogP) is 15.7. The lowest BCUT2D eigenvalue weighted by Gasteiger charge is -2.20. The van der Waals surface area contributed by atoms with E-state index in [1.54, 1.807) is 22.7 Å². The molecule has 0 radical (unpaired) electrons. The van der Waals surface area contributed by atoms with Gasteiger partial charge in [0, 0.05) is 41.1 Å². The van der Waals surface area contributed by atoms with E-state index in [-0.39, 0.29) is 0 Å². The summed E-state index contributed by atoms with van der Waals surface area (Å²) in [7, 11) is 0. The Labute approximate surface area is 331 Å². The third kappa shape index (κ3) is 5.18. The highest BCUT2D eigenvalue weighted by molar-refractivity contribution is 7.23. The van der Waals surface area contributed by atoms with Crippen LogP contribution < -0.4 is 0 Å². The first-order valence-electron chi connectivity index (χ1n) is 18.7. The van der Waals surface area contributed by atoms with Gasteiger partial charge in [-0.2, -0.15) is 0 Å². The zero-order valence-corrected chi connectivity index (χ0v) is 32.4. The number of aromatic nitrogens is 2. The average Bonchev–Trinajstić information content (AvgIpc) is 4.04.